The quantitative estimate of drug-likeness (QED) is 0.697. The van der Waals surface area contributed by atoms with Gasteiger partial charge in [-0.25, -0.2) is 0 Å². The maximum absolute atomic E-state index is 6.28. The molecule has 0 fully saturated rings. The van der Waals surface area contributed by atoms with E-state index in [4.69, 9.17) is 11.6 Å². The molecule has 4 rings (SSSR count). The number of benzene rings is 2. The highest BCUT2D eigenvalue weighted by Gasteiger charge is 2.37. The van der Waals surface area contributed by atoms with Crippen molar-refractivity contribution in [3.63, 3.8) is 0 Å². The average Bonchev–Trinajstić information content (AvgIpc) is 2.78. The van der Waals surface area contributed by atoms with Crippen molar-refractivity contribution >= 4 is 22.9 Å². The zero-order chi connectivity index (χ0) is 16.0. The van der Waals surface area contributed by atoms with Crippen LogP contribution in [0.15, 0.2) is 65.9 Å². The fourth-order valence-corrected chi connectivity index (χ4v) is 4.02. The van der Waals surface area contributed by atoms with Gasteiger partial charge in [-0.15, -0.1) is 0 Å². The fraction of sp³-hybridized carbons (Fsp3) is 0.238. The van der Waals surface area contributed by atoms with Crippen LogP contribution in [0.2, 0.25) is 5.02 Å². The van der Waals surface area contributed by atoms with Crippen LogP contribution in [0.3, 0.4) is 0 Å². The van der Waals surface area contributed by atoms with Crippen LogP contribution in [0.5, 0.6) is 0 Å². The van der Waals surface area contributed by atoms with E-state index in [1.807, 2.05) is 24.3 Å². The highest BCUT2D eigenvalue weighted by molar-refractivity contribution is 6.33. The van der Waals surface area contributed by atoms with Crippen molar-refractivity contribution < 1.29 is 0 Å². The maximum Gasteiger partial charge on any atom is 0.0640 e. The second-order valence-electron chi connectivity index (χ2n) is 6.84. The first-order valence-corrected chi connectivity index (χ1v) is 8.51. The lowest BCUT2D eigenvalue weighted by molar-refractivity contribution is 0.649. The summed E-state index contributed by atoms with van der Waals surface area (Å²) in [6.07, 6.45) is 4.44. The fourth-order valence-electron chi connectivity index (χ4n) is 3.84. The van der Waals surface area contributed by atoms with Gasteiger partial charge in [-0.05, 0) is 53.3 Å². The number of hydrogen-bond donors (Lipinski definition) is 1. The Morgan fingerprint density at radius 2 is 1.70 bits per heavy atom. The van der Waals surface area contributed by atoms with E-state index in [0.29, 0.717) is 0 Å². The highest BCUT2D eigenvalue weighted by atomic mass is 35.5. The molecule has 116 valence electrons. The van der Waals surface area contributed by atoms with E-state index in [1.54, 1.807) is 0 Å². The predicted octanol–water partition coefficient (Wildman–Crippen LogP) is 6.17. The van der Waals surface area contributed by atoms with E-state index in [2.05, 4.69) is 49.5 Å². The second kappa shape index (κ2) is 5.28. The number of hydrogen-bond acceptors (Lipinski definition) is 1. The maximum atomic E-state index is 6.28. The Bertz CT molecular complexity index is 842. The molecule has 2 aliphatic carbocycles. The minimum absolute atomic E-state index is 0.0692. The molecule has 0 aromatic heterocycles. The Labute approximate surface area is 142 Å². The molecule has 1 nitrogen and oxygen atoms in total. The standard InChI is InChI=1S/C21H20ClN/c1-21(2)17-8-4-3-7-15(17)16-12-11-14(13-18(16)21)23-20-10-6-5-9-19(20)22/h3-10,13,23H,11-12H2,1-2H3. The first-order chi connectivity index (χ1) is 11.1. The van der Waals surface area contributed by atoms with Gasteiger partial charge in [-0.1, -0.05) is 61.8 Å². The molecular formula is C21H20ClN. The van der Waals surface area contributed by atoms with Gasteiger partial charge in [-0.3, -0.25) is 0 Å². The molecule has 0 radical (unpaired) electrons. The Morgan fingerprint density at radius 1 is 0.957 bits per heavy atom. The van der Waals surface area contributed by atoms with Crippen LogP contribution in [0.1, 0.15) is 37.8 Å². The molecule has 0 unspecified atom stereocenters. The van der Waals surface area contributed by atoms with Crippen LogP contribution < -0.4 is 5.32 Å². The highest BCUT2D eigenvalue weighted by Crippen LogP contribution is 2.50. The van der Waals surface area contributed by atoms with Gasteiger partial charge in [0.1, 0.15) is 0 Å². The number of allylic oxidation sites excluding steroid dienone is 4. The summed E-state index contributed by atoms with van der Waals surface area (Å²) in [5.41, 5.74) is 8.13. The number of fused-ring (bicyclic) bond motifs is 2. The van der Waals surface area contributed by atoms with E-state index < -0.39 is 0 Å². The largest absolute Gasteiger partial charge is 0.358 e. The molecule has 2 aromatic rings. The molecule has 0 aliphatic heterocycles. The number of rotatable bonds is 2. The summed E-state index contributed by atoms with van der Waals surface area (Å²) in [4.78, 5) is 0. The van der Waals surface area contributed by atoms with Gasteiger partial charge < -0.3 is 5.32 Å². The minimum atomic E-state index is 0.0692. The van der Waals surface area contributed by atoms with E-state index >= 15 is 0 Å². The van der Waals surface area contributed by atoms with E-state index in [-0.39, 0.29) is 5.41 Å². The van der Waals surface area contributed by atoms with E-state index in [0.717, 1.165) is 23.6 Å². The summed E-state index contributed by atoms with van der Waals surface area (Å²) >= 11 is 6.28. The molecule has 0 heterocycles. The summed E-state index contributed by atoms with van der Waals surface area (Å²) < 4.78 is 0. The number of para-hydroxylation sites is 1. The van der Waals surface area contributed by atoms with Gasteiger partial charge in [0.15, 0.2) is 0 Å². The molecule has 0 amide bonds. The monoisotopic (exact) mass is 321 g/mol. The van der Waals surface area contributed by atoms with Crippen LogP contribution in [-0.4, -0.2) is 0 Å². The SMILES string of the molecule is CC1(C)C2=C(CCC(Nc3ccccc3Cl)=C2)c2ccccc21. The van der Waals surface area contributed by atoms with Gasteiger partial charge in [-0.2, -0.15) is 0 Å². The smallest absolute Gasteiger partial charge is 0.0640 e. The van der Waals surface area contributed by atoms with Gasteiger partial charge >= 0.3 is 0 Å². The van der Waals surface area contributed by atoms with Crippen LogP contribution in [0.25, 0.3) is 5.57 Å². The van der Waals surface area contributed by atoms with Gasteiger partial charge in [0.05, 0.1) is 10.7 Å². The molecule has 0 saturated carbocycles. The van der Waals surface area contributed by atoms with E-state index in [1.165, 1.54) is 28.0 Å². The molecule has 0 atom stereocenters. The Balaban J connectivity index is 1.73. The third-order valence-electron chi connectivity index (χ3n) is 5.06. The Hall–Kier alpha value is -1.99. The molecule has 2 heteroatoms. The van der Waals surface area contributed by atoms with Crippen molar-refractivity contribution in [3.8, 4) is 0 Å². The zero-order valence-electron chi connectivity index (χ0n) is 13.5. The Morgan fingerprint density at radius 3 is 2.52 bits per heavy atom. The van der Waals surface area contributed by atoms with E-state index in [9.17, 15) is 0 Å². The molecular weight excluding hydrogens is 302 g/mol. The van der Waals surface area contributed by atoms with Gasteiger partial charge in [0.2, 0.25) is 0 Å². The summed E-state index contributed by atoms with van der Waals surface area (Å²) in [6.45, 7) is 4.65. The van der Waals surface area contributed by atoms with Crippen molar-refractivity contribution in [1.82, 2.24) is 0 Å². The predicted molar refractivity (Wildman–Crippen MR) is 98.8 cm³/mol. The minimum Gasteiger partial charge on any atom is -0.358 e. The van der Waals surface area contributed by atoms with Crippen LogP contribution in [-0.2, 0) is 5.41 Å². The van der Waals surface area contributed by atoms with Crippen molar-refractivity contribution in [1.29, 1.82) is 0 Å². The third-order valence-corrected chi connectivity index (χ3v) is 5.39. The molecule has 0 bridgehead atoms. The average molecular weight is 322 g/mol. The van der Waals surface area contributed by atoms with Crippen LogP contribution in [0, 0.1) is 0 Å². The number of anilines is 1. The zero-order valence-corrected chi connectivity index (χ0v) is 14.2. The molecule has 2 aliphatic rings. The molecule has 2 aromatic carbocycles. The second-order valence-corrected chi connectivity index (χ2v) is 7.24. The first kappa shape index (κ1) is 14.6. The van der Waals surface area contributed by atoms with Crippen molar-refractivity contribution in [2.24, 2.45) is 0 Å². The summed E-state index contributed by atoms with van der Waals surface area (Å²) in [6, 6.07) is 16.7. The normalized spacial score (nSPS) is 18.3. The van der Waals surface area contributed by atoms with Crippen molar-refractivity contribution in [3.05, 3.63) is 82.0 Å². The molecule has 0 spiro atoms. The van der Waals surface area contributed by atoms with Crippen LogP contribution >= 0.6 is 11.6 Å². The summed E-state index contributed by atoms with van der Waals surface area (Å²) in [5, 5.41) is 4.29. The van der Waals surface area contributed by atoms with Crippen LogP contribution in [0.4, 0.5) is 5.69 Å². The van der Waals surface area contributed by atoms with Crippen molar-refractivity contribution in [2.75, 3.05) is 5.32 Å². The molecule has 0 saturated heterocycles. The Kier molecular flexibility index (Phi) is 3.35. The molecule has 1 N–H and O–H groups in total. The van der Waals surface area contributed by atoms with Gasteiger partial charge in [0.25, 0.3) is 0 Å². The van der Waals surface area contributed by atoms with Gasteiger partial charge in [0, 0.05) is 11.1 Å². The lowest BCUT2D eigenvalue weighted by Gasteiger charge is -2.26. The lowest BCUT2D eigenvalue weighted by Crippen LogP contribution is -2.18. The summed E-state index contributed by atoms with van der Waals surface area (Å²) in [5.74, 6) is 0. The van der Waals surface area contributed by atoms with Crippen molar-refractivity contribution in [2.45, 2.75) is 32.1 Å². The topological polar surface area (TPSA) is 12.0 Å². The first-order valence-electron chi connectivity index (χ1n) is 8.13. The number of nitrogens with one attached hydrogen (secondary N) is 1. The summed E-state index contributed by atoms with van der Waals surface area (Å²) in [7, 11) is 0. The lowest BCUT2D eigenvalue weighted by atomic mass is 9.79. The third kappa shape index (κ3) is 2.31. The molecule has 23 heavy (non-hydrogen) atoms. The number of halogens is 1.